The van der Waals surface area contributed by atoms with Crippen molar-refractivity contribution in [3.63, 3.8) is 0 Å². The Labute approximate surface area is 71.7 Å². The Morgan fingerprint density at radius 3 is 2.42 bits per heavy atom. The molecule has 1 nitrogen and oxygen atoms in total. The van der Waals surface area contributed by atoms with Gasteiger partial charge < -0.3 is 0 Å². The maximum absolute atomic E-state index is 11.2. The molecule has 0 aliphatic heterocycles. The number of carbonyl (C=O) groups is 1. The number of rotatable bonds is 0. The number of allylic oxidation sites excluding steroid dienone is 1. The van der Waals surface area contributed by atoms with Crippen molar-refractivity contribution in [2.75, 3.05) is 0 Å². The second-order valence-electron chi connectivity index (χ2n) is 3.22. The van der Waals surface area contributed by atoms with Gasteiger partial charge in [-0.3, -0.25) is 4.79 Å². The number of hydrogen-bond acceptors (Lipinski definition) is 1. The van der Waals surface area contributed by atoms with Crippen LogP contribution in [-0.2, 0) is 0 Å². The number of fused-ring (bicyclic) bond motifs is 1. The molecule has 60 valence electrons. The lowest BCUT2D eigenvalue weighted by atomic mass is 10.0. The van der Waals surface area contributed by atoms with Gasteiger partial charge in [0.05, 0.1) is 0 Å². The maximum Gasteiger partial charge on any atom is 0.186 e. The van der Waals surface area contributed by atoms with Gasteiger partial charge in [-0.15, -0.1) is 0 Å². The van der Waals surface area contributed by atoms with E-state index in [1.807, 2.05) is 19.1 Å². The van der Waals surface area contributed by atoms with Gasteiger partial charge in [-0.2, -0.15) is 0 Å². The summed E-state index contributed by atoms with van der Waals surface area (Å²) in [7, 11) is 0. The van der Waals surface area contributed by atoms with Crippen molar-refractivity contribution in [1.82, 2.24) is 0 Å². The van der Waals surface area contributed by atoms with Crippen LogP contribution in [0.5, 0.6) is 0 Å². The zero-order valence-corrected chi connectivity index (χ0v) is 7.22. The first-order valence-electron chi connectivity index (χ1n) is 4.02. The van der Waals surface area contributed by atoms with Gasteiger partial charge in [-0.25, -0.2) is 0 Å². The van der Waals surface area contributed by atoms with Gasteiger partial charge in [-0.1, -0.05) is 12.1 Å². The Morgan fingerprint density at radius 2 is 1.67 bits per heavy atom. The SMILES string of the molecule is Cc1cc2c(cc1C)C(=O)C=C2. The molecule has 0 bridgehead atoms. The van der Waals surface area contributed by atoms with E-state index in [4.69, 9.17) is 0 Å². The number of aryl methyl sites for hydroxylation is 2. The summed E-state index contributed by atoms with van der Waals surface area (Å²) in [5.74, 6) is 0.133. The third-order valence-electron chi connectivity index (χ3n) is 2.35. The summed E-state index contributed by atoms with van der Waals surface area (Å²) in [6, 6.07) is 4.03. The summed E-state index contributed by atoms with van der Waals surface area (Å²) >= 11 is 0. The highest BCUT2D eigenvalue weighted by Gasteiger charge is 2.13. The van der Waals surface area contributed by atoms with Crippen LogP contribution in [0.3, 0.4) is 0 Å². The zero-order valence-electron chi connectivity index (χ0n) is 7.22. The fraction of sp³-hybridized carbons (Fsp3) is 0.182. The molecule has 1 heteroatoms. The molecule has 12 heavy (non-hydrogen) atoms. The molecule has 0 spiro atoms. The van der Waals surface area contributed by atoms with Gasteiger partial charge in [0.25, 0.3) is 0 Å². The average Bonchev–Trinajstić information content (AvgIpc) is 2.35. The smallest absolute Gasteiger partial charge is 0.186 e. The van der Waals surface area contributed by atoms with Crippen LogP contribution in [0, 0.1) is 13.8 Å². The number of carbonyl (C=O) groups excluding carboxylic acids is 1. The lowest BCUT2D eigenvalue weighted by molar-refractivity contribution is 0.105. The first kappa shape index (κ1) is 7.29. The lowest BCUT2D eigenvalue weighted by Gasteiger charge is -2.02. The van der Waals surface area contributed by atoms with Gasteiger partial charge in [0.1, 0.15) is 0 Å². The van der Waals surface area contributed by atoms with Crippen molar-refractivity contribution in [1.29, 1.82) is 0 Å². The third kappa shape index (κ3) is 0.900. The topological polar surface area (TPSA) is 17.1 Å². The molecule has 1 aliphatic rings. The van der Waals surface area contributed by atoms with Crippen LogP contribution in [-0.4, -0.2) is 5.78 Å². The summed E-state index contributed by atoms with van der Waals surface area (Å²) < 4.78 is 0. The standard InChI is InChI=1S/C11H10O/c1-7-5-9-3-4-11(12)10(9)6-8(7)2/h3-6H,1-2H3. The molecule has 1 aromatic carbocycles. The molecular weight excluding hydrogens is 148 g/mol. The Kier molecular flexibility index (Phi) is 1.40. The number of ketones is 1. The van der Waals surface area contributed by atoms with Gasteiger partial charge in [0.15, 0.2) is 5.78 Å². The predicted octanol–water partition coefficient (Wildman–Crippen LogP) is 2.51. The number of hydrogen-bond donors (Lipinski definition) is 0. The molecule has 0 saturated heterocycles. The van der Waals surface area contributed by atoms with E-state index in [0.717, 1.165) is 11.1 Å². The van der Waals surface area contributed by atoms with Gasteiger partial charge in [-0.05, 0) is 42.7 Å². The van der Waals surface area contributed by atoms with E-state index in [9.17, 15) is 4.79 Å². The first-order chi connectivity index (χ1) is 5.68. The van der Waals surface area contributed by atoms with Crippen molar-refractivity contribution < 1.29 is 4.79 Å². The summed E-state index contributed by atoms with van der Waals surface area (Å²) in [5, 5.41) is 0. The molecule has 1 aromatic rings. The predicted molar refractivity (Wildman–Crippen MR) is 49.3 cm³/mol. The van der Waals surface area contributed by atoms with E-state index in [2.05, 4.69) is 13.0 Å². The summed E-state index contributed by atoms with van der Waals surface area (Å²) in [6.45, 7) is 4.09. The van der Waals surface area contributed by atoms with Crippen LogP contribution >= 0.6 is 0 Å². The third-order valence-corrected chi connectivity index (χ3v) is 2.35. The van der Waals surface area contributed by atoms with Crippen LogP contribution < -0.4 is 0 Å². The fourth-order valence-electron chi connectivity index (χ4n) is 1.45. The minimum absolute atomic E-state index is 0.133. The Bertz CT molecular complexity index is 386. The second-order valence-corrected chi connectivity index (χ2v) is 3.22. The molecule has 0 atom stereocenters. The normalized spacial score (nSPS) is 13.7. The Hall–Kier alpha value is -1.37. The van der Waals surface area contributed by atoms with Crippen molar-refractivity contribution in [2.24, 2.45) is 0 Å². The van der Waals surface area contributed by atoms with Crippen LogP contribution in [0.4, 0.5) is 0 Å². The molecule has 1 aliphatic carbocycles. The lowest BCUT2D eigenvalue weighted by Crippen LogP contribution is -1.93. The molecule has 0 aromatic heterocycles. The molecular formula is C11H10O. The summed E-state index contributed by atoms with van der Waals surface area (Å²) in [4.78, 5) is 11.2. The van der Waals surface area contributed by atoms with E-state index in [1.54, 1.807) is 6.08 Å². The monoisotopic (exact) mass is 158 g/mol. The van der Waals surface area contributed by atoms with E-state index in [0.29, 0.717) is 0 Å². The Morgan fingerprint density at radius 1 is 1.00 bits per heavy atom. The highest BCUT2D eigenvalue weighted by Crippen LogP contribution is 2.22. The van der Waals surface area contributed by atoms with Gasteiger partial charge >= 0.3 is 0 Å². The van der Waals surface area contributed by atoms with Gasteiger partial charge in [0.2, 0.25) is 0 Å². The first-order valence-corrected chi connectivity index (χ1v) is 4.02. The molecule has 0 amide bonds. The minimum atomic E-state index is 0.133. The van der Waals surface area contributed by atoms with Crippen molar-refractivity contribution in [2.45, 2.75) is 13.8 Å². The van der Waals surface area contributed by atoms with Crippen LogP contribution in [0.2, 0.25) is 0 Å². The van der Waals surface area contributed by atoms with E-state index >= 15 is 0 Å². The molecule has 0 unspecified atom stereocenters. The quantitative estimate of drug-likeness (QED) is 0.567. The van der Waals surface area contributed by atoms with Crippen molar-refractivity contribution in [3.8, 4) is 0 Å². The Balaban J connectivity index is 2.69. The summed E-state index contributed by atoms with van der Waals surface area (Å²) in [6.07, 6.45) is 3.51. The van der Waals surface area contributed by atoms with Crippen molar-refractivity contribution >= 4 is 11.9 Å². The van der Waals surface area contributed by atoms with E-state index in [1.165, 1.54) is 11.1 Å². The molecule has 0 radical (unpaired) electrons. The molecule has 2 rings (SSSR count). The molecule has 0 saturated carbocycles. The minimum Gasteiger partial charge on any atom is -0.289 e. The second kappa shape index (κ2) is 2.31. The zero-order chi connectivity index (χ0) is 8.72. The van der Waals surface area contributed by atoms with Gasteiger partial charge in [0, 0.05) is 5.56 Å². The average molecular weight is 158 g/mol. The maximum atomic E-state index is 11.2. The van der Waals surface area contributed by atoms with Crippen molar-refractivity contribution in [3.05, 3.63) is 40.5 Å². The highest BCUT2D eigenvalue weighted by molar-refractivity contribution is 6.13. The van der Waals surface area contributed by atoms with Crippen LogP contribution in [0.25, 0.3) is 6.08 Å². The van der Waals surface area contributed by atoms with Crippen LogP contribution in [0.1, 0.15) is 27.0 Å². The van der Waals surface area contributed by atoms with E-state index < -0.39 is 0 Å². The highest BCUT2D eigenvalue weighted by atomic mass is 16.1. The van der Waals surface area contributed by atoms with E-state index in [-0.39, 0.29) is 5.78 Å². The fourth-order valence-corrected chi connectivity index (χ4v) is 1.45. The largest absolute Gasteiger partial charge is 0.289 e. The molecule has 0 heterocycles. The molecule has 0 fully saturated rings. The molecule has 0 N–H and O–H groups in total. The number of benzene rings is 1. The van der Waals surface area contributed by atoms with Crippen LogP contribution in [0.15, 0.2) is 18.2 Å². The summed E-state index contributed by atoms with van der Waals surface area (Å²) in [5.41, 5.74) is 4.33.